The standard InChI is InChI=1S/C16H24O2/c1-2-16(17,11-10-15-9-6-12-18-15)13-14-7-4-3-5-8-14/h3-5,7-8,15,17H,2,6,9-13H2,1H3. The van der Waals surface area contributed by atoms with E-state index in [-0.39, 0.29) is 0 Å². The predicted octanol–water partition coefficient (Wildman–Crippen LogP) is 3.33. The van der Waals surface area contributed by atoms with Gasteiger partial charge < -0.3 is 9.84 Å². The minimum atomic E-state index is -0.576. The first kappa shape index (κ1) is 13.6. The van der Waals surface area contributed by atoms with Gasteiger partial charge in [-0.05, 0) is 37.7 Å². The number of ether oxygens (including phenoxy) is 1. The van der Waals surface area contributed by atoms with Crippen LogP contribution in [0.15, 0.2) is 30.3 Å². The number of hydrogen-bond donors (Lipinski definition) is 1. The number of aliphatic hydroxyl groups is 1. The Morgan fingerprint density at radius 1 is 1.33 bits per heavy atom. The second kappa shape index (κ2) is 6.35. The topological polar surface area (TPSA) is 29.5 Å². The van der Waals surface area contributed by atoms with E-state index in [4.69, 9.17) is 4.74 Å². The van der Waals surface area contributed by atoms with Gasteiger partial charge in [0.25, 0.3) is 0 Å². The Morgan fingerprint density at radius 3 is 2.72 bits per heavy atom. The molecule has 1 aliphatic heterocycles. The summed E-state index contributed by atoms with van der Waals surface area (Å²) in [6, 6.07) is 10.3. The van der Waals surface area contributed by atoms with Crippen LogP contribution in [-0.2, 0) is 11.2 Å². The average Bonchev–Trinajstić information content (AvgIpc) is 2.91. The lowest BCUT2D eigenvalue weighted by atomic mass is 9.86. The Hall–Kier alpha value is -0.860. The van der Waals surface area contributed by atoms with Crippen LogP contribution in [0.25, 0.3) is 0 Å². The highest BCUT2D eigenvalue weighted by molar-refractivity contribution is 5.17. The molecular weight excluding hydrogens is 224 g/mol. The molecule has 0 aliphatic carbocycles. The van der Waals surface area contributed by atoms with E-state index < -0.39 is 5.60 Å². The molecule has 1 heterocycles. The minimum absolute atomic E-state index is 0.374. The Morgan fingerprint density at radius 2 is 2.11 bits per heavy atom. The zero-order chi connectivity index (χ0) is 12.8. The lowest BCUT2D eigenvalue weighted by Gasteiger charge is -2.28. The van der Waals surface area contributed by atoms with Crippen molar-refractivity contribution in [2.75, 3.05) is 6.61 Å². The first-order valence-electron chi connectivity index (χ1n) is 7.10. The van der Waals surface area contributed by atoms with Crippen molar-refractivity contribution < 1.29 is 9.84 Å². The summed E-state index contributed by atoms with van der Waals surface area (Å²) in [4.78, 5) is 0. The lowest BCUT2D eigenvalue weighted by Crippen LogP contribution is -2.31. The van der Waals surface area contributed by atoms with Gasteiger partial charge in [-0.2, -0.15) is 0 Å². The van der Waals surface area contributed by atoms with Crippen molar-refractivity contribution in [3.8, 4) is 0 Å². The summed E-state index contributed by atoms with van der Waals surface area (Å²) in [7, 11) is 0. The highest BCUT2D eigenvalue weighted by Crippen LogP contribution is 2.26. The van der Waals surface area contributed by atoms with E-state index in [9.17, 15) is 5.11 Å². The Labute approximate surface area is 110 Å². The molecule has 1 aliphatic rings. The van der Waals surface area contributed by atoms with E-state index >= 15 is 0 Å². The average molecular weight is 248 g/mol. The summed E-state index contributed by atoms with van der Waals surface area (Å²) >= 11 is 0. The van der Waals surface area contributed by atoms with Crippen LogP contribution in [0, 0.1) is 0 Å². The lowest BCUT2D eigenvalue weighted by molar-refractivity contribution is 0.00749. The molecule has 1 aromatic carbocycles. The summed E-state index contributed by atoms with van der Waals surface area (Å²) < 4.78 is 5.63. The third kappa shape index (κ3) is 3.82. The molecule has 0 bridgehead atoms. The zero-order valence-electron chi connectivity index (χ0n) is 11.3. The number of benzene rings is 1. The van der Waals surface area contributed by atoms with Gasteiger partial charge in [-0.3, -0.25) is 0 Å². The normalized spacial score (nSPS) is 22.9. The van der Waals surface area contributed by atoms with Crippen LogP contribution < -0.4 is 0 Å². The fraction of sp³-hybridized carbons (Fsp3) is 0.625. The molecule has 18 heavy (non-hydrogen) atoms. The molecule has 0 radical (unpaired) electrons. The van der Waals surface area contributed by atoms with Gasteiger partial charge in [0.05, 0.1) is 11.7 Å². The molecule has 100 valence electrons. The van der Waals surface area contributed by atoms with Crippen molar-refractivity contribution >= 4 is 0 Å². The van der Waals surface area contributed by atoms with Gasteiger partial charge in [0.2, 0.25) is 0 Å². The van der Waals surface area contributed by atoms with Crippen LogP contribution in [-0.4, -0.2) is 23.4 Å². The third-order valence-corrected chi connectivity index (χ3v) is 3.99. The molecule has 1 saturated heterocycles. The molecule has 2 unspecified atom stereocenters. The fourth-order valence-corrected chi connectivity index (χ4v) is 2.67. The summed E-state index contributed by atoms with van der Waals surface area (Å²) in [5.41, 5.74) is 0.641. The van der Waals surface area contributed by atoms with Crippen LogP contribution in [0.2, 0.25) is 0 Å². The largest absolute Gasteiger partial charge is 0.390 e. The second-order valence-corrected chi connectivity index (χ2v) is 5.41. The molecule has 2 rings (SSSR count). The van der Waals surface area contributed by atoms with Crippen LogP contribution in [0.4, 0.5) is 0 Å². The van der Waals surface area contributed by atoms with Gasteiger partial charge in [0.15, 0.2) is 0 Å². The molecule has 0 aromatic heterocycles. The van der Waals surface area contributed by atoms with Crippen molar-refractivity contribution in [2.45, 2.75) is 57.2 Å². The van der Waals surface area contributed by atoms with Crippen LogP contribution >= 0.6 is 0 Å². The maximum Gasteiger partial charge on any atom is 0.0686 e. The van der Waals surface area contributed by atoms with Gasteiger partial charge in [-0.15, -0.1) is 0 Å². The monoisotopic (exact) mass is 248 g/mol. The molecule has 1 aromatic rings. The van der Waals surface area contributed by atoms with Crippen LogP contribution in [0.3, 0.4) is 0 Å². The van der Waals surface area contributed by atoms with E-state index in [0.29, 0.717) is 6.10 Å². The first-order valence-corrected chi connectivity index (χ1v) is 7.10. The third-order valence-electron chi connectivity index (χ3n) is 3.99. The number of rotatable bonds is 6. The Bertz CT molecular complexity index is 343. The maximum absolute atomic E-state index is 10.7. The van der Waals surface area contributed by atoms with Gasteiger partial charge in [0, 0.05) is 13.0 Å². The van der Waals surface area contributed by atoms with Crippen molar-refractivity contribution in [3.05, 3.63) is 35.9 Å². The van der Waals surface area contributed by atoms with Gasteiger partial charge in [-0.25, -0.2) is 0 Å². The van der Waals surface area contributed by atoms with Crippen LogP contribution in [0.1, 0.15) is 44.6 Å². The maximum atomic E-state index is 10.7. The molecule has 2 nitrogen and oxygen atoms in total. The van der Waals surface area contributed by atoms with E-state index in [0.717, 1.165) is 38.7 Å². The van der Waals surface area contributed by atoms with Crippen LogP contribution in [0.5, 0.6) is 0 Å². The van der Waals surface area contributed by atoms with Crippen molar-refractivity contribution in [1.82, 2.24) is 0 Å². The minimum Gasteiger partial charge on any atom is -0.390 e. The Kier molecular flexibility index (Phi) is 4.79. The molecule has 1 N–H and O–H groups in total. The quantitative estimate of drug-likeness (QED) is 0.836. The highest BCUT2D eigenvalue weighted by atomic mass is 16.5. The smallest absolute Gasteiger partial charge is 0.0686 e. The van der Waals surface area contributed by atoms with E-state index in [1.54, 1.807) is 0 Å². The number of hydrogen-bond acceptors (Lipinski definition) is 2. The van der Waals surface area contributed by atoms with E-state index in [2.05, 4.69) is 19.1 Å². The van der Waals surface area contributed by atoms with Gasteiger partial charge >= 0.3 is 0 Å². The summed E-state index contributed by atoms with van der Waals surface area (Å²) in [6.45, 7) is 2.96. The summed E-state index contributed by atoms with van der Waals surface area (Å²) in [5, 5.41) is 10.7. The zero-order valence-corrected chi connectivity index (χ0v) is 11.3. The summed E-state index contributed by atoms with van der Waals surface area (Å²) in [5.74, 6) is 0. The molecule has 0 saturated carbocycles. The fourth-order valence-electron chi connectivity index (χ4n) is 2.67. The molecule has 0 amide bonds. The van der Waals surface area contributed by atoms with Gasteiger partial charge in [0.1, 0.15) is 0 Å². The SMILES string of the molecule is CCC(O)(CCC1CCCO1)Cc1ccccc1. The van der Waals surface area contributed by atoms with E-state index in [1.165, 1.54) is 12.0 Å². The van der Waals surface area contributed by atoms with Crippen molar-refractivity contribution in [3.63, 3.8) is 0 Å². The van der Waals surface area contributed by atoms with Crippen molar-refractivity contribution in [2.24, 2.45) is 0 Å². The highest BCUT2D eigenvalue weighted by Gasteiger charge is 2.27. The Balaban J connectivity index is 1.88. The predicted molar refractivity (Wildman–Crippen MR) is 73.6 cm³/mol. The van der Waals surface area contributed by atoms with E-state index in [1.807, 2.05) is 18.2 Å². The summed E-state index contributed by atoms with van der Waals surface area (Å²) in [6.07, 6.45) is 6.07. The first-order chi connectivity index (χ1) is 8.72. The second-order valence-electron chi connectivity index (χ2n) is 5.41. The molecule has 2 heteroatoms. The molecule has 1 fully saturated rings. The van der Waals surface area contributed by atoms with Crippen molar-refractivity contribution in [1.29, 1.82) is 0 Å². The molecule has 0 spiro atoms. The molecule has 2 atom stereocenters. The molecular formula is C16H24O2. The van der Waals surface area contributed by atoms with Gasteiger partial charge in [-0.1, -0.05) is 37.3 Å².